The maximum Gasteiger partial charge on any atom is 0.222 e. The Hall–Kier alpha value is -1.10. The molecule has 5 heteroatoms. The van der Waals surface area contributed by atoms with E-state index in [0.717, 1.165) is 0 Å². The molecule has 0 bridgehead atoms. The Morgan fingerprint density at radius 3 is 2.31 bits per heavy atom. The van der Waals surface area contributed by atoms with Gasteiger partial charge in [0.25, 0.3) is 0 Å². The Balaban J connectivity index is 3.86. The second-order valence-electron chi connectivity index (χ2n) is 4.73. The maximum absolute atomic E-state index is 11.6. The number of hydrogen-bond acceptors (Lipinski definition) is 3. The Labute approximate surface area is 97.4 Å². The van der Waals surface area contributed by atoms with Gasteiger partial charge in [-0.3, -0.25) is 9.59 Å². The third-order valence-electron chi connectivity index (χ3n) is 2.36. The molecule has 0 aliphatic carbocycles. The van der Waals surface area contributed by atoms with Crippen LogP contribution in [0, 0.1) is 0 Å². The summed E-state index contributed by atoms with van der Waals surface area (Å²) < 4.78 is 0. The zero-order chi connectivity index (χ0) is 12.8. The summed E-state index contributed by atoms with van der Waals surface area (Å²) in [5, 5.41) is 2.52. The molecule has 0 unspecified atom stereocenters. The van der Waals surface area contributed by atoms with E-state index in [4.69, 9.17) is 5.73 Å². The van der Waals surface area contributed by atoms with Crippen molar-refractivity contribution >= 4 is 11.8 Å². The Morgan fingerprint density at radius 1 is 1.31 bits per heavy atom. The van der Waals surface area contributed by atoms with Gasteiger partial charge in [-0.15, -0.1) is 0 Å². The number of amides is 2. The van der Waals surface area contributed by atoms with Gasteiger partial charge in [-0.2, -0.15) is 0 Å². The number of nitrogens with zero attached hydrogens (tertiary/aromatic N) is 1. The Bertz CT molecular complexity index is 246. The van der Waals surface area contributed by atoms with Crippen LogP contribution in [0.15, 0.2) is 0 Å². The highest BCUT2D eigenvalue weighted by atomic mass is 16.2. The minimum absolute atomic E-state index is 0.0300. The molecule has 0 radical (unpaired) electrons. The van der Waals surface area contributed by atoms with Gasteiger partial charge >= 0.3 is 0 Å². The molecule has 16 heavy (non-hydrogen) atoms. The topological polar surface area (TPSA) is 75.4 Å². The van der Waals surface area contributed by atoms with Crippen LogP contribution >= 0.6 is 0 Å². The van der Waals surface area contributed by atoms with Crippen LogP contribution in [0.4, 0.5) is 0 Å². The number of carbonyl (C=O) groups is 2. The van der Waals surface area contributed by atoms with Crippen molar-refractivity contribution < 1.29 is 9.59 Å². The van der Waals surface area contributed by atoms with Crippen molar-refractivity contribution in [2.75, 3.05) is 20.6 Å². The van der Waals surface area contributed by atoms with Crippen molar-refractivity contribution in [3.8, 4) is 0 Å². The number of nitrogens with two attached hydrogens (primary N) is 1. The Morgan fingerprint density at radius 2 is 1.88 bits per heavy atom. The second-order valence-corrected chi connectivity index (χ2v) is 4.73. The van der Waals surface area contributed by atoms with Crippen LogP contribution in [0.5, 0.6) is 0 Å². The van der Waals surface area contributed by atoms with E-state index in [2.05, 4.69) is 5.32 Å². The number of carbonyl (C=O) groups excluding carboxylic acids is 2. The smallest absolute Gasteiger partial charge is 0.222 e. The highest BCUT2D eigenvalue weighted by Gasteiger charge is 2.16. The first-order valence-electron chi connectivity index (χ1n) is 5.49. The lowest BCUT2D eigenvalue weighted by Crippen LogP contribution is -2.36. The summed E-state index contributed by atoms with van der Waals surface area (Å²) in [5.74, 6) is -0.0266. The predicted octanol–water partition coefficient (Wildman–Crippen LogP) is 0.0984. The first-order chi connectivity index (χ1) is 7.26. The van der Waals surface area contributed by atoms with E-state index >= 15 is 0 Å². The molecule has 3 N–H and O–H groups in total. The number of hydrogen-bond donors (Lipinski definition) is 2. The molecular weight excluding hydrogens is 206 g/mol. The highest BCUT2D eigenvalue weighted by Crippen LogP contribution is 2.08. The molecule has 2 amide bonds. The molecule has 0 spiro atoms. The molecule has 0 aliphatic heterocycles. The van der Waals surface area contributed by atoms with E-state index in [1.807, 2.05) is 13.8 Å². The summed E-state index contributed by atoms with van der Waals surface area (Å²) in [5.41, 5.74) is 5.47. The van der Waals surface area contributed by atoms with Crippen LogP contribution in [0.2, 0.25) is 0 Å². The largest absolute Gasteiger partial charge is 0.359 e. The van der Waals surface area contributed by atoms with Gasteiger partial charge in [-0.05, 0) is 20.3 Å². The van der Waals surface area contributed by atoms with Crippen molar-refractivity contribution in [3.63, 3.8) is 0 Å². The van der Waals surface area contributed by atoms with Crippen molar-refractivity contribution in [1.29, 1.82) is 0 Å². The second kappa shape index (κ2) is 6.48. The van der Waals surface area contributed by atoms with Crippen molar-refractivity contribution in [2.24, 2.45) is 5.73 Å². The standard InChI is InChI=1S/C11H23N3O2/c1-11(2,12)7-5-10(16)14(4)8-6-9(15)13-3/h5-8,12H2,1-4H3,(H,13,15). The molecule has 5 nitrogen and oxygen atoms in total. The molecule has 94 valence electrons. The van der Waals surface area contributed by atoms with E-state index in [1.54, 1.807) is 19.0 Å². The first-order valence-corrected chi connectivity index (χ1v) is 5.49. The summed E-state index contributed by atoms with van der Waals surface area (Å²) >= 11 is 0. The first kappa shape index (κ1) is 14.9. The molecule has 0 aromatic rings. The molecule has 0 atom stereocenters. The minimum atomic E-state index is -0.322. The van der Waals surface area contributed by atoms with E-state index < -0.39 is 0 Å². The van der Waals surface area contributed by atoms with Crippen LogP contribution in [0.1, 0.15) is 33.1 Å². The molecule has 0 fully saturated rings. The van der Waals surface area contributed by atoms with E-state index in [-0.39, 0.29) is 17.4 Å². The quantitative estimate of drug-likeness (QED) is 0.678. The van der Waals surface area contributed by atoms with Gasteiger partial charge in [0.1, 0.15) is 0 Å². The van der Waals surface area contributed by atoms with Gasteiger partial charge in [0.05, 0.1) is 0 Å². The fourth-order valence-corrected chi connectivity index (χ4v) is 1.14. The summed E-state index contributed by atoms with van der Waals surface area (Å²) in [4.78, 5) is 24.2. The molecule has 0 heterocycles. The average molecular weight is 229 g/mol. The summed E-state index contributed by atoms with van der Waals surface area (Å²) in [6.45, 7) is 4.24. The van der Waals surface area contributed by atoms with Crippen molar-refractivity contribution in [2.45, 2.75) is 38.6 Å². The van der Waals surface area contributed by atoms with Crippen LogP contribution in [0.25, 0.3) is 0 Å². The fourth-order valence-electron chi connectivity index (χ4n) is 1.14. The van der Waals surface area contributed by atoms with Gasteiger partial charge in [0, 0.05) is 39.0 Å². The van der Waals surface area contributed by atoms with Crippen molar-refractivity contribution in [3.05, 3.63) is 0 Å². The number of rotatable bonds is 6. The zero-order valence-electron chi connectivity index (χ0n) is 10.7. The lowest BCUT2D eigenvalue weighted by Gasteiger charge is -2.21. The van der Waals surface area contributed by atoms with Gasteiger partial charge in [-0.25, -0.2) is 0 Å². The van der Waals surface area contributed by atoms with E-state index in [1.165, 1.54) is 0 Å². The van der Waals surface area contributed by atoms with Gasteiger partial charge in [-0.1, -0.05) is 0 Å². The van der Waals surface area contributed by atoms with E-state index in [0.29, 0.717) is 25.8 Å². The summed E-state index contributed by atoms with van der Waals surface area (Å²) in [6.07, 6.45) is 1.41. The SMILES string of the molecule is CNC(=O)CCN(C)C(=O)CCC(C)(C)N. The van der Waals surface area contributed by atoms with Crippen LogP contribution < -0.4 is 11.1 Å². The third-order valence-corrected chi connectivity index (χ3v) is 2.36. The molecule has 0 aromatic heterocycles. The third kappa shape index (κ3) is 7.23. The molecule has 0 saturated heterocycles. The van der Waals surface area contributed by atoms with Gasteiger partial charge in [0.15, 0.2) is 0 Å². The number of nitrogens with one attached hydrogen (secondary N) is 1. The van der Waals surface area contributed by atoms with E-state index in [9.17, 15) is 9.59 Å². The molecule has 0 saturated carbocycles. The zero-order valence-corrected chi connectivity index (χ0v) is 10.7. The summed E-state index contributed by atoms with van der Waals surface area (Å²) in [7, 11) is 3.29. The van der Waals surface area contributed by atoms with Crippen molar-refractivity contribution in [1.82, 2.24) is 10.2 Å². The molecule has 0 aromatic carbocycles. The molecular formula is C11H23N3O2. The minimum Gasteiger partial charge on any atom is -0.359 e. The monoisotopic (exact) mass is 229 g/mol. The van der Waals surface area contributed by atoms with Crippen LogP contribution in [0.3, 0.4) is 0 Å². The lowest BCUT2D eigenvalue weighted by atomic mass is 10.00. The highest BCUT2D eigenvalue weighted by molar-refractivity contribution is 5.78. The molecule has 0 rings (SSSR count). The van der Waals surface area contributed by atoms with Gasteiger partial charge < -0.3 is 16.0 Å². The molecule has 0 aliphatic rings. The fraction of sp³-hybridized carbons (Fsp3) is 0.818. The average Bonchev–Trinajstić information content (AvgIpc) is 2.20. The summed E-state index contributed by atoms with van der Waals surface area (Å²) in [6, 6.07) is 0. The Kier molecular flexibility index (Phi) is 6.03. The van der Waals surface area contributed by atoms with Gasteiger partial charge in [0.2, 0.25) is 11.8 Å². The van der Waals surface area contributed by atoms with Crippen LogP contribution in [-0.4, -0.2) is 42.9 Å². The lowest BCUT2D eigenvalue weighted by molar-refractivity contribution is -0.130. The normalized spacial score (nSPS) is 11.1. The maximum atomic E-state index is 11.6. The van der Waals surface area contributed by atoms with Crippen LogP contribution in [-0.2, 0) is 9.59 Å². The predicted molar refractivity (Wildman–Crippen MR) is 63.8 cm³/mol.